The molecule has 0 bridgehead atoms. The maximum absolute atomic E-state index is 6.00. The standard InChI is InChI=1S/C24H33N5O4Si/c1-4-31-34(32-5-2,33-6-3)17-11-16-29-19-22(27-28-29)20-30-23-13-8-7-12-21(23)18-26-24-14-9-10-15-25-24/h7-10,12-15,18-19H,4-6,11,16-17,20H2,1-3H3/b26-18+. The van der Waals surface area contributed by atoms with Gasteiger partial charge in [0.1, 0.15) is 18.1 Å². The number of aryl methyl sites for hydroxylation is 1. The van der Waals surface area contributed by atoms with E-state index in [1.54, 1.807) is 12.4 Å². The highest BCUT2D eigenvalue weighted by molar-refractivity contribution is 6.60. The molecule has 0 unspecified atom stereocenters. The molecule has 0 aliphatic rings. The van der Waals surface area contributed by atoms with Crippen molar-refractivity contribution in [1.29, 1.82) is 0 Å². The third kappa shape index (κ3) is 7.84. The summed E-state index contributed by atoms with van der Waals surface area (Å²) >= 11 is 0. The van der Waals surface area contributed by atoms with Crippen molar-refractivity contribution >= 4 is 20.8 Å². The first-order valence-corrected chi connectivity index (χ1v) is 13.6. The van der Waals surface area contributed by atoms with Gasteiger partial charge >= 0.3 is 8.80 Å². The van der Waals surface area contributed by atoms with Gasteiger partial charge in [0, 0.05) is 50.4 Å². The molecule has 10 heteroatoms. The first kappa shape index (κ1) is 25.7. The van der Waals surface area contributed by atoms with Gasteiger partial charge < -0.3 is 18.0 Å². The first-order chi connectivity index (χ1) is 16.7. The molecule has 3 rings (SSSR count). The molecule has 0 N–H and O–H groups in total. The molecule has 0 aliphatic heterocycles. The molecule has 0 amide bonds. The molecule has 34 heavy (non-hydrogen) atoms. The van der Waals surface area contributed by atoms with Crippen molar-refractivity contribution in [3.05, 3.63) is 66.1 Å². The van der Waals surface area contributed by atoms with Crippen LogP contribution in [0.15, 0.2) is 59.9 Å². The lowest BCUT2D eigenvalue weighted by atomic mass is 10.2. The Morgan fingerprint density at radius 2 is 1.71 bits per heavy atom. The summed E-state index contributed by atoms with van der Waals surface area (Å²) in [5, 5.41) is 8.47. The largest absolute Gasteiger partial charge is 0.500 e. The van der Waals surface area contributed by atoms with Gasteiger partial charge in [-0.05, 0) is 51.5 Å². The lowest BCUT2D eigenvalue weighted by Gasteiger charge is -2.28. The summed E-state index contributed by atoms with van der Waals surface area (Å²) in [5.41, 5.74) is 1.61. The zero-order chi connectivity index (χ0) is 24.1. The minimum atomic E-state index is -2.64. The van der Waals surface area contributed by atoms with Gasteiger partial charge in [-0.3, -0.25) is 4.68 Å². The van der Waals surface area contributed by atoms with Crippen LogP contribution in [0, 0.1) is 0 Å². The van der Waals surface area contributed by atoms with Gasteiger partial charge in [-0.25, -0.2) is 9.98 Å². The van der Waals surface area contributed by atoms with Crippen molar-refractivity contribution in [3.8, 4) is 5.75 Å². The van der Waals surface area contributed by atoms with Crippen molar-refractivity contribution < 1.29 is 18.0 Å². The van der Waals surface area contributed by atoms with Crippen LogP contribution in [0.4, 0.5) is 5.82 Å². The zero-order valence-corrected chi connectivity index (χ0v) is 21.1. The summed E-state index contributed by atoms with van der Waals surface area (Å²) in [7, 11) is -2.64. The molecule has 9 nitrogen and oxygen atoms in total. The number of para-hydroxylation sites is 1. The van der Waals surface area contributed by atoms with Crippen LogP contribution in [0.3, 0.4) is 0 Å². The Kier molecular flexibility index (Phi) is 10.4. The molecule has 2 heterocycles. The number of benzene rings is 1. The van der Waals surface area contributed by atoms with Gasteiger partial charge in [0.15, 0.2) is 5.82 Å². The van der Waals surface area contributed by atoms with E-state index in [-0.39, 0.29) is 0 Å². The second-order valence-corrected chi connectivity index (χ2v) is 10.1. The van der Waals surface area contributed by atoms with Gasteiger partial charge in [-0.2, -0.15) is 0 Å². The second-order valence-electron chi connectivity index (χ2n) is 7.33. The third-order valence-corrected chi connectivity index (χ3v) is 7.98. The van der Waals surface area contributed by atoms with Crippen LogP contribution < -0.4 is 4.74 Å². The number of aliphatic imine (C=N–C) groups is 1. The number of pyridine rings is 1. The van der Waals surface area contributed by atoms with E-state index in [2.05, 4.69) is 20.3 Å². The van der Waals surface area contributed by atoms with Gasteiger partial charge in [0.05, 0.1) is 6.20 Å². The molecular weight excluding hydrogens is 450 g/mol. The smallest absolute Gasteiger partial charge is 0.486 e. The Morgan fingerprint density at radius 3 is 2.41 bits per heavy atom. The van der Waals surface area contributed by atoms with Crippen molar-refractivity contribution in [2.45, 2.75) is 46.4 Å². The summed E-state index contributed by atoms with van der Waals surface area (Å²) in [6.45, 7) is 8.62. The van der Waals surface area contributed by atoms with Gasteiger partial charge in [-0.15, -0.1) is 5.10 Å². The summed E-state index contributed by atoms with van der Waals surface area (Å²) in [6.07, 6.45) is 6.18. The summed E-state index contributed by atoms with van der Waals surface area (Å²) < 4.78 is 25.6. The van der Waals surface area contributed by atoms with E-state index >= 15 is 0 Å². The summed E-state index contributed by atoms with van der Waals surface area (Å²) in [4.78, 5) is 8.62. The Morgan fingerprint density at radius 1 is 0.971 bits per heavy atom. The number of hydrogen-bond donors (Lipinski definition) is 0. The maximum Gasteiger partial charge on any atom is 0.500 e. The topological polar surface area (TPSA) is 92.9 Å². The molecule has 0 saturated carbocycles. The van der Waals surface area contributed by atoms with E-state index in [1.807, 2.05) is 74.1 Å². The van der Waals surface area contributed by atoms with Gasteiger partial charge in [0.25, 0.3) is 0 Å². The molecule has 3 aromatic rings. The molecule has 182 valence electrons. The molecule has 2 aromatic heterocycles. The number of hydrogen-bond acceptors (Lipinski definition) is 8. The van der Waals surface area contributed by atoms with E-state index in [9.17, 15) is 0 Å². The second kappa shape index (κ2) is 13.7. The predicted molar refractivity (Wildman–Crippen MR) is 132 cm³/mol. The summed E-state index contributed by atoms with van der Waals surface area (Å²) in [6, 6.07) is 14.1. The Bertz CT molecular complexity index is 998. The highest BCUT2D eigenvalue weighted by Gasteiger charge is 2.39. The summed E-state index contributed by atoms with van der Waals surface area (Å²) in [5.74, 6) is 1.36. The van der Waals surface area contributed by atoms with Crippen LogP contribution in [0.2, 0.25) is 6.04 Å². The van der Waals surface area contributed by atoms with Crippen molar-refractivity contribution in [2.75, 3.05) is 19.8 Å². The van der Waals surface area contributed by atoms with Gasteiger partial charge in [-0.1, -0.05) is 23.4 Å². The van der Waals surface area contributed by atoms with Crippen LogP contribution in [0.25, 0.3) is 0 Å². The van der Waals surface area contributed by atoms with E-state index in [1.165, 1.54) is 0 Å². The number of aromatic nitrogens is 4. The maximum atomic E-state index is 6.00. The monoisotopic (exact) mass is 483 g/mol. The third-order valence-electron chi connectivity index (χ3n) is 4.83. The van der Waals surface area contributed by atoms with Gasteiger partial charge in [0.2, 0.25) is 0 Å². The first-order valence-electron chi connectivity index (χ1n) is 11.7. The highest BCUT2D eigenvalue weighted by Crippen LogP contribution is 2.20. The predicted octanol–water partition coefficient (Wildman–Crippen LogP) is 4.44. The van der Waals surface area contributed by atoms with E-state index in [0.29, 0.717) is 38.8 Å². The fraction of sp³-hybridized carbons (Fsp3) is 0.417. The molecule has 0 aliphatic carbocycles. The average Bonchev–Trinajstić information content (AvgIpc) is 3.31. The van der Waals surface area contributed by atoms with Crippen LogP contribution in [-0.2, 0) is 26.4 Å². The Hall–Kier alpha value is -2.92. The molecule has 0 atom stereocenters. The molecule has 0 radical (unpaired) electrons. The molecule has 1 aromatic carbocycles. The zero-order valence-electron chi connectivity index (χ0n) is 20.1. The molecular formula is C24H33N5O4Si. The van der Waals surface area contributed by atoms with E-state index in [0.717, 1.165) is 29.5 Å². The molecule has 0 spiro atoms. The Labute approximate surface area is 202 Å². The molecule has 0 fully saturated rings. The molecule has 0 saturated heterocycles. The van der Waals surface area contributed by atoms with Crippen LogP contribution in [0.1, 0.15) is 38.4 Å². The normalized spacial score (nSPS) is 11.9. The number of nitrogens with zero attached hydrogens (tertiary/aromatic N) is 5. The quantitative estimate of drug-likeness (QED) is 0.233. The minimum Gasteiger partial charge on any atom is -0.486 e. The van der Waals surface area contributed by atoms with E-state index in [4.69, 9.17) is 18.0 Å². The van der Waals surface area contributed by atoms with Crippen molar-refractivity contribution in [2.24, 2.45) is 4.99 Å². The van der Waals surface area contributed by atoms with Crippen LogP contribution in [0.5, 0.6) is 5.75 Å². The fourth-order valence-electron chi connectivity index (χ4n) is 3.41. The SMILES string of the molecule is CCO[Si](CCCn1cc(COc2ccccc2/C=N/c2ccccn2)nn1)(OCC)OCC. The average molecular weight is 484 g/mol. The van der Waals surface area contributed by atoms with Crippen molar-refractivity contribution in [3.63, 3.8) is 0 Å². The van der Waals surface area contributed by atoms with Crippen LogP contribution >= 0.6 is 0 Å². The van der Waals surface area contributed by atoms with Crippen molar-refractivity contribution in [1.82, 2.24) is 20.0 Å². The van der Waals surface area contributed by atoms with Crippen LogP contribution in [-0.4, -0.2) is 54.8 Å². The van der Waals surface area contributed by atoms with E-state index < -0.39 is 8.80 Å². The number of ether oxygens (including phenoxy) is 1. The highest BCUT2D eigenvalue weighted by atomic mass is 28.4. The fourth-order valence-corrected chi connectivity index (χ4v) is 6.00. The minimum absolute atomic E-state index is 0.309. The number of rotatable bonds is 15. The lowest BCUT2D eigenvalue weighted by Crippen LogP contribution is -2.46. The lowest BCUT2D eigenvalue weighted by molar-refractivity contribution is 0.0704. The Balaban J connectivity index is 1.54.